The molecule has 2 unspecified atom stereocenters. The van der Waals surface area contributed by atoms with Crippen molar-refractivity contribution in [2.45, 2.75) is 44.4 Å². The molecule has 1 aromatic heterocycles. The van der Waals surface area contributed by atoms with Crippen LogP contribution in [-0.4, -0.2) is 25.3 Å². The molecule has 1 fully saturated rings. The maximum Gasteiger partial charge on any atom is 0.315 e. The Morgan fingerprint density at radius 3 is 2.91 bits per heavy atom. The van der Waals surface area contributed by atoms with Crippen LogP contribution in [0.5, 0.6) is 0 Å². The van der Waals surface area contributed by atoms with Gasteiger partial charge in [-0.3, -0.25) is 0 Å². The predicted molar refractivity (Wildman–Crippen MR) is 84.7 cm³/mol. The molecule has 1 saturated carbocycles. The second-order valence-electron chi connectivity index (χ2n) is 5.89. The quantitative estimate of drug-likeness (QED) is 0.910. The van der Waals surface area contributed by atoms with E-state index in [0.717, 1.165) is 36.0 Å². The van der Waals surface area contributed by atoms with E-state index in [4.69, 9.17) is 9.15 Å². The maximum absolute atomic E-state index is 12.1. The minimum atomic E-state index is -0.174. The summed E-state index contributed by atoms with van der Waals surface area (Å²) in [5.41, 5.74) is 0.838. The lowest BCUT2D eigenvalue weighted by Gasteiger charge is -2.16. The molecule has 3 atom stereocenters. The Morgan fingerprint density at radius 2 is 2.18 bits per heavy atom. The molecule has 0 bridgehead atoms. The van der Waals surface area contributed by atoms with Crippen LogP contribution in [0.25, 0.3) is 11.0 Å². The number of ether oxygens (including phenoxy) is 1. The van der Waals surface area contributed by atoms with Gasteiger partial charge in [0.25, 0.3) is 0 Å². The minimum Gasteiger partial charge on any atom is -0.459 e. The first-order chi connectivity index (χ1) is 10.7. The highest BCUT2D eigenvalue weighted by atomic mass is 16.5. The normalized spacial score (nSPS) is 22.6. The molecule has 1 aromatic carbocycles. The number of fused-ring (bicyclic) bond motifs is 1. The van der Waals surface area contributed by atoms with Crippen LogP contribution in [0.2, 0.25) is 0 Å². The predicted octanol–water partition coefficient (Wildman–Crippen LogP) is 3.36. The third kappa shape index (κ3) is 3.25. The summed E-state index contributed by atoms with van der Waals surface area (Å²) in [7, 11) is 1.72. The molecule has 2 aromatic rings. The van der Waals surface area contributed by atoms with Gasteiger partial charge in [-0.25, -0.2) is 4.79 Å². The number of carbonyl (C=O) groups is 1. The third-order valence-corrected chi connectivity index (χ3v) is 4.27. The summed E-state index contributed by atoms with van der Waals surface area (Å²) in [6.45, 7) is 1.92. The van der Waals surface area contributed by atoms with Crippen molar-refractivity contribution in [1.82, 2.24) is 10.6 Å². The Balaban J connectivity index is 1.56. The zero-order valence-corrected chi connectivity index (χ0v) is 13.0. The van der Waals surface area contributed by atoms with Gasteiger partial charge in [-0.15, -0.1) is 0 Å². The van der Waals surface area contributed by atoms with Crippen LogP contribution < -0.4 is 10.6 Å². The van der Waals surface area contributed by atoms with E-state index in [1.807, 2.05) is 37.3 Å². The Kier molecular flexibility index (Phi) is 4.34. The number of methoxy groups -OCH3 is 1. The second kappa shape index (κ2) is 6.40. The Bertz CT molecular complexity index is 619. The molecule has 5 heteroatoms. The van der Waals surface area contributed by atoms with Crippen molar-refractivity contribution in [3.05, 3.63) is 36.1 Å². The smallest absolute Gasteiger partial charge is 0.315 e. The summed E-state index contributed by atoms with van der Waals surface area (Å²) in [6.07, 6.45) is 3.10. The third-order valence-electron chi connectivity index (χ3n) is 4.27. The topological polar surface area (TPSA) is 63.5 Å². The first kappa shape index (κ1) is 14.9. The van der Waals surface area contributed by atoms with E-state index >= 15 is 0 Å². The van der Waals surface area contributed by atoms with Crippen molar-refractivity contribution < 1.29 is 13.9 Å². The number of furan rings is 1. The highest BCUT2D eigenvalue weighted by molar-refractivity contribution is 5.78. The van der Waals surface area contributed by atoms with Crippen molar-refractivity contribution in [1.29, 1.82) is 0 Å². The van der Waals surface area contributed by atoms with Crippen molar-refractivity contribution in [2.75, 3.05) is 7.11 Å². The van der Waals surface area contributed by atoms with Crippen LogP contribution in [0, 0.1) is 0 Å². The lowest BCUT2D eigenvalue weighted by molar-refractivity contribution is 0.107. The fraction of sp³-hybridized carbons (Fsp3) is 0.471. The number of hydrogen-bond acceptors (Lipinski definition) is 3. The zero-order chi connectivity index (χ0) is 15.5. The van der Waals surface area contributed by atoms with E-state index in [-0.39, 0.29) is 24.2 Å². The molecule has 0 saturated heterocycles. The van der Waals surface area contributed by atoms with Gasteiger partial charge in [0.1, 0.15) is 11.3 Å². The van der Waals surface area contributed by atoms with Crippen molar-refractivity contribution >= 4 is 17.0 Å². The number of carbonyl (C=O) groups excluding carboxylic acids is 1. The molecule has 22 heavy (non-hydrogen) atoms. The number of para-hydroxylation sites is 1. The second-order valence-corrected chi connectivity index (χ2v) is 5.89. The number of hydrogen-bond donors (Lipinski definition) is 2. The lowest BCUT2D eigenvalue weighted by atomic mass is 10.2. The molecule has 1 aliphatic rings. The van der Waals surface area contributed by atoms with Crippen LogP contribution >= 0.6 is 0 Å². The summed E-state index contributed by atoms with van der Waals surface area (Å²) in [6, 6.07) is 9.66. The van der Waals surface area contributed by atoms with E-state index in [9.17, 15) is 4.79 Å². The Hall–Kier alpha value is -2.01. The van der Waals surface area contributed by atoms with Crippen molar-refractivity contribution in [3.8, 4) is 0 Å². The molecule has 0 spiro atoms. The number of amides is 2. The maximum atomic E-state index is 12.1. The lowest BCUT2D eigenvalue weighted by Crippen LogP contribution is -2.42. The first-order valence-electron chi connectivity index (χ1n) is 7.74. The average Bonchev–Trinajstić information content (AvgIpc) is 3.12. The molecule has 2 N–H and O–H groups in total. The van der Waals surface area contributed by atoms with Crippen LogP contribution in [0.15, 0.2) is 34.7 Å². The van der Waals surface area contributed by atoms with E-state index in [2.05, 4.69) is 10.6 Å². The van der Waals surface area contributed by atoms with E-state index < -0.39 is 0 Å². The molecule has 5 nitrogen and oxygen atoms in total. The highest BCUT2D eigenvalue weighted by Crippen LogP contribution is 2.24. The van der Waals surface area contributed by atoms with E-state index in [0.29, 0.717) is 0 Å². The minimum absolute atomic E-state index is 0.158. The van der Waals surface area contributed by atoms with Crippen LogP contribution in [-0.2, 0) is 4.74 Å². The van der Waals surface area contributed by atoms with Gasteiger partial charge in [-0.2, -0.15) is 0 Å². The monoisotopic (exact) mass is 302 g/mol. The Labute approximate surface area is 130 Å². The molecule has 3 rings (SSSR count). The standard InChI is InChI=1S/C17H22N2O3/c1-11(16-9-12-5-3-4-6-15(12)22-16)18-17(20)19-13-7-8-14(10-13)21-2/h3-6,9,11,13-14H,7-8,10H2,1-2H3,(H2,18,19,20)/t11-,13?,14?/m0/s1. The SMILES string of the molecule is COC1CCC(NC(=O)N[C@@H](C)c2cc3ccccc3o2)C1. The van der Waals surface area contributed by atoms with Crippen LogP contribution in [0.1, 0.15) is 38.0 Å². The van der Waals surface area contributed by atoms with Gasteiger partial charge in [0.2, 0.25) is 0 Å². The number of urea groups is 1. The summed E-state index contributed by atoms with van der Waals surface area (Å²) in [4.78, 5) is 12.1. The zero-order valence-electron chi connectivity index (χ0n) is 13.0. The molecule has 118 valence electrons. The molecule has 0 radical (unpaired) electrons. The molecule has 1 aliphatic carbocycles. The van der Waals surface area contributed by atoms with E-state index in [1.54, 1.807) is 7.11 Å². The number of benzene rings is 1. The summed E-state index contributed by atoms with van der Waals surface area (Å²) >= 11 is 0. The molecular weight excluding hydrogens is 280 g/mol. The van der Waals surface area contributed by atoms with Crippen molar-refractivity contribution in [3.63, 3.8) is 0 Å². The largest absolute Gasteiger partial charge is 0.459 e. The van der Waals surface area contributed by atoms with E-state index in [1.165, 1.54) is 0 Å². The van der Waals surface area contributed by atoms with Gasteiger partial charge in [0.05, 0.1) is 12.1 Å². The van der Waals surface area contributed by atoms with Gasteiger partial charge in [-0.1, -0.05) is 18.2 Å². The fourth-order valence-corrected chi connectivity index (χ4v) is 3.00. The van der Waals surface area contributed by atoms with Crippen LogP contribution in [0.3, 0.4) is 0 Å². The van der Waals surface area contributed by atoms with Gasteiger partial charge < -0.3 is 19.8 Å². The number of nitrogens with one attached hydrogen (secondary N) is 2. The highest BCUT2D eigenvalue weighted by Gasteiger charge is 2.26. The Morgan fingerprint density at radius 1 is 1.36 bits per heavy atom. The number of rotatable bonds is 4. The van der Waals surface area contributed by atoms with Gasteiger partial charge >= 0.3 is 6.03 Å². The molecule has 2 amide bonds. The molecular formula is C17H22N2O3. The average molecular weight is 302 g/mol. The molecule has 0 aliphatic heterocycles. The van der Waals surface area contributed by atoms with Gasteiger partial charge in [0.15, 0.2) is 0 Å². The fourth-order valence-electron chi connectivity index (χ4n) is 3.00. The summed E-state index contributed by atoms with van der Waals surface area (Å²) in [5, 5.41) is 6.98. The summed E-state index contributed by atoms with van der Waals surface area (Å²) < 4.78 is 11.1. The van der Waals surface area contributed by atoms with Gasteiger partial charge in [0, 0.05) is 18.5 Å². The molecule has 1 heterocycles. The first-order valence-corrected chi connectivity index (χ1v) is 7.74. The summed E-state index contributed by atoms with van der Waals surface area (Å²) in [5.74, 6) is 0.762. The van der Waals surface area contributed by atoms with Crippen LogP contribution in [0.4, 0.5) is 4.79 Å². The van der Waals surface area contributed by atoms with Gasteiger partial charge in [-0.05, 0) is 38.3 Å². The van der Waals surface area contributed by atoms with Crippen molar-refractivity contribution in [2.24, 2.45) is 0 Å².